The van der Waals surface area contributed by atoms with E-state index in [0.29, 0.717) is 6.04 Å². The van der Waals surface area contributed by atoms with E-state index in [2.05, 4.69) is 28.7 Å². The number of hydrogen-bond acceptors (Lipinski definition) is 3. The monoisotopic (exact) mass is 237 g/mol. The number of likely N-dealkylation sites (tertiary alicyclic amines) is 1. The minimum atomic E-state index is 0.206. The SMILES string of the molecule is Cc1nn(C2CCCN(C)C2)c(C)c1CCO. The maximum atomic E-state index is 9.08. The Balaban J connectivity index is 2.23. The second-order valence-corrected chi connectivity index (χ2v) is 5.13. The number of piperidine rings is 1. The minimum absolute atomic E-state index is 0.206. The number of aryl methyl sites for hydroxylation is 1. The van der Waals surface area contributed by atoms with Gasteiger partial charge in [-0.05, 0) is 52.3 Å². The molecule has 1 fully saturated rings. The van der Waals surface area contributed by atoms with Gasteiger partial charge in [0.1, 0.15) is 0 Å². The Hall–Kier alpha value is -0.870. The average Bonchev–Trinajstić information content (AvgIpc) is 2.57. The van der Waals surface area contributed by atoms with E-state index in [1.165, 1.54) is 30.6 Å². The van der Waals surface area contributed by atoms with Gasteiger partial charge in [-0.1, -0.05) is 0 Å². The second kappa shape index (κ2) is 5.19. The van der Waals surface area contributed by atoms with Crippen LogP contribution in [0.25, 0.3) is 0 Å². The van der Waals surface area contributed by atoms with Crippen molar-refractivity contribution in [3.8, 4) is 0 Å². The Morgan fingerprint density at radius 3 is 2.82 bits per heavy atom. The Morgan fingerprint density at radius 1 is 1.41 bits per heavy atom. The highest BCUT2D eigenvalue weighted by Crippen LogP contribution is 2.24. The summed E-state index contributed by atoms with van der Waals surface area (Å²) in [5.74, 6) is 0. The molecule has 96 valence electrons. The van der Waals surface area contributed by atoms with Crippen LogP contribution in [0.5, 0.6) is 0 Å². The van der Waals surface area contributed by atoms with E-state index in [1.807, 2.05) is 6.92 Å². The Labute approximate surface area is 103 Å². The highest BCUT2D eigenvalue weighted by atomic mass is 16.2. The molecule has 1 aromatic heterocycles. The number of aromatic nitrogens is 2. The molecule has 4 nitrogen and oxygen atoms in total. The Morgan fingerprint density at radius 2 is 2.18 bits per heavy atom. The number of aliphatic hydroxyl groups is 1. The van der Waals surface area contributed by atoms with Crippen LogP contribution in [-0.4, -0.2) is 46.5 Å². The molecule has 0 amide bonds. The molecule has 0 bridgehead atoms. The smallest absolute Gasteiger partial charge is 0.0649 e. The molecule has 1 atom stereocenters. The van der Waals surface area contributed by atoms with Crippen molar-refractivity contribution in [3.05, 3.63) is 17.0 Å². The van der Waals surface area contributed by atoms with Gasteiger partial charge in [0.25, 0.3) is 0 Å². The molecule has 1 N–H and O–H groups in total. The van der Waals surface area contributed by atoms with Crippen LogP contribution in [-0.2, 0) is 6.42 Å². The maximum absolute atomic E-state index is 9.08. The number of nitrogens with zero attached hydrogens (tertiary/aromatic N) is 3. The predicted molar refractivity (Wildman–Crippen MR) is 68.3 cm³/mol. The molecular weight excluding hydrogens is 214 g/mol. The summed E-state index contributed by atoms with van der Waals surface area (Å²) in [6.07, 6.45) is 3.18. The summed E-state index contributed by atoms with van der Waals surface area (Å²) < 4.78 is 2.18. The van der Waals surface area contributed by atoms with E-state index in [1.54, 1.807) is 0 Å². The van der Waals surface area contributed by atoms with Crippen molar-refractivity contribution in [1.82, 2.24) is 14.7 Å². The van der Waals surface area contributed by atoms with Gasteiger partial charge in [0.2, 0.25) is 0 Å². The maximum Gasteiger partial charge on any atom is 0.0649 e. The standard InChI is InChI=1S/C13H23N3O/c1-10-13(6-8-17)11(2)16(14-10)12-5-4-7-15(3)9-12/h12,17H,4-9H2,1-3H3. The van der Waals surface area contributed by atoms with Gasteiger partial charge in [-0.25, -0.2) is 0 Å². The van der Waals surface area contributed by atoms with E-state index in [9.17, 15) is 0 Å². The van der Waals surface area contributed by atoms with Gasteiger partial charge in [-0.15, -0.1) is 0 Å². The normalized spacial score (nSPS) is 22.0. The third-order valence-electron chi connectivity index (χ3n) is 3.78. The van der Waals surface area contributed by atoms with Crippen LogP contribution in [0.2, 0.25) is 0 Å². The highest BCUT2D eigenvalue weighted by molar-refractivity contribution is 5.25. The Bertz CT molecular complexity index is 386. The fourth-order valence-electron chi connectivity index (χ4n) is 2.86. The summed E-state index contributed by atoms with van der Waals surface area (Å²) in [6, 6.07) is 0.500. The lowest BCUT2D eigenvalue weighted by molar-refractivity contribution is 0.200. The summed E-state index contributed by atoms with van der Waals surface area (Å²) in [7, 11) is 2.17. The van der Waals surface area contributed by atoms with Crippen LogP contribution in [0, 0.1) is 13.8 Å². The van der Waals surface area contributed by atoms with Gasteiger partial charge in [-0.2, -0.15) is 5.10 Å². The predicted octanol–water partition coefficient (Wildman–Crippen LogP) is 1.30. The molecular formula is C13H23N3O. The summed E-state index contributed by atoms with van der Waals surface area (Å²) >= 11 is 0. The van der Waals surface area contributed by atoms with E-state index >= 15 is 0 Å². The van der Waals surface area contributed by atoms with Crippen LogP contribution in [0.1, 0.15) is 35.8 Å². The quantitative estimate of drug-likeness (QED) is 0.861. The lowest BCUT2D eigenvalue weighted by Gasteiger charge is -2.30. The molecule has 4 heteroatoms. The van der Waals surface area contributed by atoms with Gasteiger partial charge in [0, 0.05) is 18.8 Å². The number of likely N-dealkylation sites (N-methyl/N-ethyl adjacent to an activating group) is 1. The largest absolute Gasteiger partial charge is 0.396 e. The van der Waals surface area contributed by atoms with Gasteiger partial charge >= 0.3 is 0 Å². The molecule has 2 rings (SSSR count). The first kappa shape index (κ1) is 12.6. The molecule has 1 aliphatic heterocycles. The molecule has 1 saturated heterocycles. The molecule has 0 saturated carbocycles. The molecule has 2 heterocycles. The minimum Gasteiger partial charge on any atom is -0.396 e. The first-order valence-corrected chi connectivity index (χ1v) is 6.47. The van der Waals surface area contributed by atoms with E-state index in [4.69, 9.17) is 5.11 Å². The van der Waals surface area contributed by atoms with Crippen molar-refractivity contribution in [3.63, 3.8) is 0 Å². The third kappa shape index (κ3) is 2.53. The summed E-state index contributed by atoms with van der Waals surface area (Å²) in [6.45, 7) is 6.65. The Kier molecular flexibility index (Phi) is 3.84. The van der Waals surface area contributed by atoms with Crippen LogP contribution >= 0.6 is 0 Å². The van der Waals surface area contributed by atoms with Crippen molar-refractivity contribution < 1.29 is 5.11 Å². The number of aliphatic hydroxyl groups excluding tert-OH is 1. The second-order valence-electron chi connectivity index (χ2n) is 5.13. The molecule has 0 radical (unpaired) electrons. The molecule has 1 unspecified atom stereocenters. The fourth-order valence-corrected chi connectivity index (χ4v) is 2.86. The van der Waals surface area contributed by atoms with E-state index in [-0.39, 0.29) is 6.61 Å². The summed E-state index contributed by atoms with van der Waals surface area (Å²) in [5.41, 5.74) is 3.53. The first-order chi connectivity index (χ1) is 8.13. The number of hydrogen-bond donors (Lipinski definition) is 1. The van der Waals surface area contributed by atoms with E-state index < -0.39 is 0 Å². The molecule has 1 aliphatic rings. The van der Waals surface area contributed by atoms with Crippen molar-refractivity contribution in [2.75, 3.05) is 26.7 Å². The van der Waals surface area contributed by atoms with Gasteiger partial charge in [0.05, 0.1) is 11.7 Å². The molecule has 0 spiro atoms. The first-order valence-electron chi connectivity index (χ1n) is 6.47. The van der Waals surface area contributed by atoms with Crippen molar-refractivity contribution in [1.29, 1.82) is 0 Å². The molecule has 0 aliphatic carbocycles. The van der Waals surface area contributed by atoms with Gasteiger partial charge in [-0.3, -0.25) is 4.68 Å². The number of rotatable bonds is 3. The van der Waals surface area contributed by atoms with Crippen LogP contribution < -0.4 is 0 Å². The zero-order valence-electron chi connectivity index (χ0n) is 11.1. The zero-order valence-corrected chi connectivity index (χ0v) is 11.1. The highest BCUT2D eigenvalue weighted by Gasteiger charge is 2.22. The summed E-state index contributed by atoms with van der Waals surface area (Å²) in [5, 5.41) is 13.8. The van der Waals surface area contributed by atoms with Crippen molar-refractivity contribution >= 4 is 0 Å². The third-order valence-corrected chi connectivity index (χ3v) is 3.78. The molecule has 17 heavy (non-hydrogen) atoms. The van der Waals surface area contributed by atoms with Gasteiger partial charge in [0.15, 0.2) is 0 Å². The van der Waals surface area contributed by atoms with Crippen LogP contribution in [0.15, 0.2) is 0 Å². The summed E-state index contributed by atoms with van der Waals surface area (Å²) in [4.78, 5) is 2.37. The topological polar surface area (TPSA) is 41.3 Å². The fraction of sp³-hybridized carbons (Fsp3) is 0.769. The van der Waals surface area contributed by atoms with Crippen LogP contribution in [0.3, 0.4) is 0 Å². The van der Waals surface area contributed by atoms with E-state index in [0.717, 1.165) is 18.7 Å². The lowest BCUT2D eigenvalue weighted by Crippen LogP contribution is -2.34. The lowest BCUT2D eigenvalue weighted by atomic mass is 10.1. The van der Waals surface area contributed by atoms with Crippen molar-refractivity contribution in [2.24, 2.45) is 0 Å². The average molecular weight is 237 g/mol. The molecule has 0 aromatic carbocycles. The van der Waals surface area contributed by atoms with Crippen LogP contribution in [0.4, 0.5) is 0 Å². The van der Waals surface area contributed by atoms with Gasteiger partial charge < -0.3 is 10.0 Å². The zero-order chi connectivity index (χ0) is 12.4. The molecule has 1 aromatic rings. The van der Waals surface area contributed by atoms with Crippen molar-refractivity contribution in [2.45, 2.75) is 39.2 Å².